The Labute approximate surface area is 193 Å². The zero-order valence-corrected chi connectivity index (χ0v) is 19.0. The summed E-state index contributed by atoms with van der Waals surface area (Å²) in [5.74, 6) is -0.0342. The van der Waals surface area contributed by atoms with E-state index in [0.29, 0.717) is 16.8 Å². The number of carbonyl (C=O) groups is 1. The van der Waals surface area contributed by atoms with Crippen molar-refractivity contribution in [2.24, 2.45) is 0 Å². The molecule has 2 heterocycles. The van der Waals surface area contributed by atoms with E-state index in [1.165, 1.54) is 12.1 Å². The van der Waals surface area contributed by atoms with E-state index in [1.54, 1.807) is 48.6 Å². The van der Waals surface area contributed by atoms with Crippen LogP contribution in [0.1, 0.15) is 24.4 Å². The van der Waals surface area contributed by atoms with Gasteiger partial charge in [-0.1, -0.05) is 35.9 Å². The predicted molar refractivity (Wildman–Crippen MR) is 127 cm³/mol. The van der Waals surface area contributed by atoms with E-state index in [-0.39, 0.29) is 10.8 Å². The molecule has 4 rings (SSSR count). The number of aromatic nitrogens is 1. The lowest BCUT2D eigenvalue weighted by Gasteiger charge is -2.32. The van der Waals surface area contributed by atoms with Gasteiger partial charge in [0.25, 0.3) is 10.0 Å². The van der Waals surface area contributed by atoms with Gasteiger partial charge in [0.2, 0.25) is 5.91 Å². The number of piperidine rings is 1. The second-order valence-electron chi connectivity index (χ2n) is 7.67. The van der Waals surface area contributed by atoms with Crippen LogP contribution in [0.15, 0.2) is 84.0 Å². The average Bonchev–Trinajstić information content (AvgIpc) is 3.34. The van der Waals surface area contributed by atoms with E-state index in [2.05, 4.69) is 21.7 Å². The molecule has 2 aromatic carbocycles. The fourth-order valence-corrected chi connectivity index (χ4v) is 5.07. The maximum atomic E-state index is 12.6. The molecule has 1 aliphatic rings. The van der Waals surface area contributed by atoms with Crippen molar-refractivity contribution >= 4 is 39.3 Å². The molecule has 0 bridgehead atoms. The summed E-state index contributed by atoms with van der Waals surface area (Å²) in [5.41, 5.74) is 1.07. The van der Waals surface area contributed by atoms with Gasteiger partial charge in [0.05, 0.1) is 15.6 Å². The first-order valence-electron chi connectivity index (χ1n) is 10.4. The molecule has 0 unspecified atom stereocenters. The van der Waals surface area contributed by atoms with Gasteiger partial charge in [-0.05, 0) is 60.9 Å². The average molecular weight is 470 g/mol. The van der Waals surface area contributed by atoms with Crippen molar-refractivity contribution in [1.29, 1.82) is 0 Å². The first kappa shape index (κ1) is 22.2. The highest BCUT2D eigenvalue weighted by Crippen LogP contribution is 2.25. The molecule has 0 aliphatic carbocycles. The summed E-state index contributed by atoms with van der Waals surface area (Å²) in [5, 5.41) is 0.325. The summed E-state index contributed by atoms with van der Waals surface area (Å²) in [6.45, 7) is 1.44. The van der Waals surface area contributed by atoms with E-state index >= 15 is 0 Å². The van der Waals surface area contributed by atoms with Gasteiger partial charge in [0.15, 0.2) is 0 Å². The quantitative estimate of drug-likeness (QED) is 0.526. The van der Waals surface area contributed by atoms with Crippen LogP contribution >= 0.6 is 11.6 Å². The highest BCUT2D eigenvalue weighted by Gasteiger charge is 2.22. The van der Waals surface area contributed by atoms with Crippen LogP contribution in [0.3, 0.4) is 0 Å². The van der Waals surface area contributed by atoms with Gasteiger partial charge >= 0.3 is 0 Å². The molecule has 0 saturated carbocycles. The van der Waals surface area contributed by atoms with Crippen LogP contribution in [0.5, 0.6) is 0 Å². The van der Waals surface area contributed by atoms with E-state index in [0.717, 1.165) is 31.5 Å². The number of benzene rings is 2. The number of carbonyl (C=O) groups excluding carboxylic acids is 1. The lowest BCUT2D eigenvalue weighted by molar-refractivity contribution is -0.127. The summed E-state index contributed by atoms with van der Waals surface area (Å²) < 4.78 is 29.9. The van der Waals surface area contributed by atoms with Crippen LogP contribution in [0.25, 0.3) is 6.08 Å². The number of nitrogens with one attached hydrogen (secondary N) is 1. The Morgan fingerprint density at radius 1 is 0.969 bits per heavy atom. The number of halogens is 1. The number of anilines is 1. The Hall–Kier alpha value is -3.03. The monoisotopic (exact) mass is 469 g/mol. The molecule has 0 spiro atoms. The van der Waals surface area contributed by atoms with Gasteiger partial charge in [0.1, 0.15) is 0 Å². The zero-order valence-electron chi connectivity index (χ0n) is 17.4. The van der Waals surface area contributed by atoms with Gasteiger partial charge in [-0.15, -0.1) is 0 Å². The van der Waals surface area contributed by atoms with Gasteiger partial charge < -0.3 is 9.47 Å². The summed E-state index contributed by atoms with van der Waals surface area (Å²) >= 11 is 6.04. The van der Waals surface area contributed by atoms with Crippen molar-refractivity contribution in [2.45, 2.75) is 23.8 Å². The molecule has 1 amide bonds. The van der Waals surface area contributed by atoms with Crippen LogP contribution in [-0.2, 0) is 14.8 Å². The molecule has 1 aliphatic heterocycles. The minimum Gasteiger partial charge on any atom is -0.351 e. The minimum absolute atomic E-state index is 0.0342. The van der Waals surface area contributed by atoms with Crippen LogP contribution in [0.2, 0.25) is 5.02 Å². The summed E-state index contributed by atoms with van der Waals surface area (Å²) in [4.78, 5) is 14.5. The lowest BCUT2D eigenvalue weighted by atomic mass is 10.0. The van der Waals surface area contributed by atoms with E-state index in [1.807, 2.05) is 17.0 Å². The largest absolute Gasteiger partial charge is 0.351 e. The number of hydrogen-bond acceptors (Lipinski definition) is 3. The molecule has 1 aromatic heterocycles. The van der Waals surface area contributed by atoms with Gasteiger partial charge in [-0.3, -0.25) is 9.52 Å². The van der Waals surface area contributed by atoms with E-state index in [9.17, 15) is 13.2 Å². The van der Waals surface area contributed by atoms with Crippen molar-refractivity contribution in [2.75, 3.05) is 17.8 Å². The number of rotatable bonds is 6. The lowest BCUT2D eigenvalue weighted by Crippen LogP contribution is -2.37. The van der Waals surface area contributed by atoms with Gasteiger partial charge in [-0.2, -0.15) is 0 Å². The Morgan fingerprint density at radius 3 is 2.28 bits per heavy atom. The number of hydrogen-bond donors (Lipinski definition) is 1. The van der Waals surface area contributed by atoms with Gasteiger partial charge in [0, 0.05) is 37.6 Å². The maximum absolute atomic E-state index is 12.6. The van der Waals surface area contributed by atoms with Crippen molar-refractivity contribution < 1.29 is 13.2 Å². The molecule has 32 heavy (non-hydrogen) atoms. The van der Waals surface area contributed by atoms with E-state index in [4.69, 9.17) is 11.6 Å². The zero-order chi connectivity index (χ0) is 22.6. The summed E-state index contributed by atoms with van der Waals surface area (Å²) in [6, 6.07) is 17.5. The SMILES string of the molecule is O=C(/C=C/c1ccc(S(=O)(=O)Nc2ccccc2Cl)cc1)N1CCC(n2cccc2)CC1. The fourth-order valence-electron chi connectivity index (χ4n) is 3.75. The molecule has 0 radical (unpaired) electrons. The Morgan fingerprint density at radius 2 is 1.62 bits per heavy atom. The second kappa shape index (κ2) is 9.63. The standard InChI is InChI=1S/C24H24ClN3O3S/c25-22-5-1-2-6-23(22)26-32(30,31)21-10-7-19(8-11-21)9-12-24(29)28-17-13-20(14-18-28)27-15-3-4-16-27/h1-12,15-16,20,26H,13-14,17-18H2/b12-9+. The first-order valence-corrected chi connectivity index (χ1v) is 12.3. The van der Waals surface area contributed by atoms with Crippen molar-refractivity contribution in [1.82, 2.24) is 9.47 Å². The number of likely N-dealkylation sites (tertiary alicyclic amines) is 1. The molecule has 1 N–H and O–H groups in total. The number of para-hydroxylation sites is 1. The van der Waals surface area contributed by atoms with Crippen LogP contribution in [0, 0.1) is 0 Å². The highest BCUT2D eigenvalue weighted by atomic mass is 35.5. The normalized spacial score (nSPS) is 15.2. The third-order valence-corrected chi connectivity index (χ3v) is 7.26. The van der Waals surface area contributed by atoms with E-state index < -0.39 is 10.0 Å². The molecule has 1 saturated heterocycles. The second-order valence-corrected chi connectivity index (χ2v) is 9.76. The summed E-state index contributed by atoms with van der Waals surface area (Å²) in [6.07, 6.45) is 9.24. The number of amides is 1. The third kappa shape index (κ3) is 5.23. The molecule has 1 fully saturated rings. The molecular weight excluding hydrogens is 446 g/mol. The smallest absolute Gasteiger partial charge is 0.261 e. The van der Waals surface area contributed by atoms with Crippen molar-refractivity contribution in [3.8, 4) is 0 Å². The van der Waals surface area contributed by atoms with Crippen LogP contribution in [0.4, 0.5) is 5.69 Å². The Bertz CT molecular complexity index is 1200. The molecule has 0 atom stereocenters. The van der Waals surface area contributed by atoms with Crippen molar-refractivity contribution in [3.05, 3.63) is 89.7 Å². The highest BCUT2D eigenvalue weighted by molar-refractivity contribution is 7.92. The van der Waals surface area contributed by atoms with Crippen LogP contribution < -0.4 is 4.72 Å². The third-order valence-electron chi connectivity index (χ3n) is 5.55. The molecule has 6 nitrogen and oxygen atoms in total. The molecule has 3 aromatic rings. The molecule has 8 heteroatoms. The molecular formula is C24H24ClN3O3S. The molecule has 166 valence electrons. The fraction of sp³-hybridized carbons (Fsp3) is 0.208. The first-order chi connectivity index (χ1) is 15.4. The Balaban J connectivity index is 1.35. The minimum atomic E-state index is -3.76. The predicted octanol–water partition coefficient (Wildman–Crippen LogP) is 4.82. The van der Waals surface area contributed by atoms with Gasteiger partial charge in [-0.25, -0.2) is 8.42 Å². The summed E-state index contributed by atoms with van der Waals surface area (Å²) in [7, 11) is -3.76. The maximum Gasteiger partial charge on any atom is 0.261 e. The number of sulfonamides is 1. The van der Waals surface area contributed by atoms with Crippen LogP contribution in [-0.4, -0.2) is 36.9 Å². The van der Waals surface area contributed by atoms with Crippen molar-refractivity contribution in [3.63, 3.8) is 0 Å². The number of nitrogens with zero attached hydrogens (tertiary/aromatic N) is 2. The Kier molecular flexibility index (Phi) is 6.67. The topological polar surface area (TPSA) is 71.4 Å².